The van der Waals surface area contributed by atoms with E-state index in [4.69, 9.17) is 11.6 Å². The maximum Gasteiger partial charge on any atom is 0.258 e. The number of hydrogen-bond acceptors (Lipinski definition) is 5. The standard InChI is InChI=1S/C21H26ClN3O3S2/c1-3-25(4-2)30(27,28)16-11-12-18(22)19(14-16)24-20(26)17-10-7-13-23-21(17)29-15-8-5-6-9-15/h7,10-15H,3-6,8-9H2,1-2H3,(H,24,26). The van der Waals surface area contributed by atoms with Gasteiger partial charge in [-0.25, -0.2) is 13.4 Å². The molecule has 1 saturated carbocycles. The SMILES string of the molecule is CCN(CC)S(=O)(=O)c1ccc(Cl)c(NC(=O)c2cccnc2SC2CCCC2)c1. The first kappa shape index (κ1) is 23.1. The van der Waals surface area contributed by atoms with Gasteiger partial charge in [-0.2, -0.15) is 4.31 Å². The Morgan fingerprint density at radius 1 is 1.23 bits per heavy atom. The molecule has 1 heterocycles. The van der Waals surface area contributed by atoms with Crippen molar-refractivity contribution in [3.8, 4) is 0 Å². The molecule has 0 radical (unpaired) electrons. The van der Waals surface area contributed by atoms with Crippen molar-refractivity contribution in [1.29, 1.82) is 0 Å². The second kappa shape index (κ2) is 10.1. The fraction of sp³-hybridized carbons (Fsp3) is 0.429. The summed E-state index contributed by atoms with van der Waals surface area (Å²) in [7, 11) is -3.66. The summed E-state index contributed by atoms with van der Waals surface area (Å²) in [5.74, 6) is -0.358. The Balaban J connectivity index is 1.86. The average molecular weight is 468 g/mol. The fourth-order valence-electron chi connectivity index (χ4n) is 3.48. The fourth-order valence-corrected chi connectivity index (χ4v) is 6.43. The van der Waals surface area contributed by atoms with Crippen molar-refractivity contribution < 1.29 is 13.2 Å². The van der Waals surface area contributed by atoms with Gasteiger partial charge >= 0.3 is 0 Å². The van der Waals surface area contributed by atoms with Gasteiger partial charge in [0, 0.05) is 24.5 Å². The highest BCUT2D eigenvalue weighted by Crippen LogP contribution is 2.35. The molecule has 1 aliphatic rings. The summed E-state index contributed by atoms with van der Waals surface area (Å²) in [4.78, 5) is 17.5. The number of rotatable bonds is 8. The van der Waals surface area contributed by atoms with Gasteiger partial charge in [-0.1, -0.05) is 38.3 Å². The summed E-state index contributed by atoms with van der Waals surface area (Å²) in [5, 5.41) is 4.20. The number of benzene rings is 1. The molecule has 9 heteroatoms. The summed E-state index contributed by atoms with van der Waals surface area (Å²) >= 11 is 7.89. The van der Waals surface area contributed by atoms with Crippen molar-refractivity contribution in [2.75, 3.05) is 18.4 Å². The first-order valence-electron chi connectivity index (χ1n) is 10.1. The molecule has 3 rings (SSSR count). The summed E-state index contributed by atoms with van der Waals surface area (Å²) in [6.45, 7) is 4.29. The van der Waals surface area contributed by atoms with E-state index >= 15 is 0 Å². The highest BCUT2D eigenvalue weighted by molar-refractivity contribution is 8.00. The third kappa shape index (κ3) is 5.17. The molecule has 1 aromatic heterocycles. The monoisotopic (exact) mass is 467 g/mol. The van der Waals surface area contributed by atoms with Crippen LogP contribution >= 0.6 is 23.4 Å². The van der Waals surface area contributed by atoms with E-state index in [1.165, 1.54) is 35.3 Å². The number of carbonyl (C=O) groups is 1. The van der Waals surface area contributed by atoms with Crippen LogP contribution in [0.1, 0.15) is 49.9 Å². The van der Waals surface area contributed by atoms with Crippen molar-refractivity contribution in [2.45, 2.75) is 54.7 Å². The second-order valence-corrected chi connectivity index (χ2v) is 10.7. The number of amides is 1. The molecule has 1 amide bonds. The first-order valence-corrected chi connectivity index (χ1v) is 12.8. The lowest BCUT2D eigenvalue weighted by atomic mass is 10.2. The van der Waals surface area contributed by atoms with Crippen LogP contribution in [-0.4, -0.2) is 42.0 Å². The number of sulfonamides is 1. The van der Waals surface area contributed by atoms with Crippen LogP contribution in [0.4, 0.5) is 5.69 Å². The van der Waals surface area contributed by atoms with E-state index in [0.717, 1.165) is 12.8 Å². The number of thioether (sulfide) groups is 1. The van der Waals surface area contributed by atoms with Crippen LogP contribution in [0.15, 0.2) is 46.5 Å². The summed E-state index contributed by atoms with van der Waals surface area (Å²) < 4.78 is 27.0. The maximum absolute atomic E-state index is 13.0. The molecule has 30 heavy (non-hydrogen) atoms. The lowest BCUT2D eigenvalue weighted by Crippen LogP contribution is -2.30. The van der Waals surface area contributed by atoms with E-state index in [-0.39, 0.29) is 21.5 Å². The van der Waals surface area contributed by atoms with Gasteiger partial charge in [0.1, 0.15) is 5.03 Å². The summed E-state index contributed by atoms with van der Waals surface area (Å²) in [6.07, 6.45) is 6.34. The molecule has 0 unspecified atom stereocenters. The molecule has 162 valence electrons. The predicted molar refractivity (Wildman–Crippen MR) is 122 cm³/mol. The molecule has 0 bridgehead atoms. The Morgan fingerprint density at radius 3 is 2.60 bits per heavy atom. The second-order valence-electron chi connectivity index (χ2n) is 7.07. The average Bonchev–Trinajstić information content (AvgIpc) is 3.23. The van der Waals surface area contributed by atoms with Crippen molar-refractivity contribution in [1.82, 2.24) is 9.29 Å². The number of hydrogen-bond donors (Lipinski definition) is 1. The van der Waals surface area contributed by atoms with Crippen molar-refractivity contribution in [3.63, 3.8) is 0 Å². The minimum Gasteiger partial charge on any atom is -0.321 e. The van der Waals surface area contributed by atoms with Gasteiger partial charge in [0.25, 0.3) is 5.91 Å². The quantitative estimate of drug-likeness (QED) is 0.587. The molecule has 1 N–H and O–H groups in total. The van der Waals surface area contributed by atoms with Crippen molar-refractivity contribution in [2.24, 2.45) is 0 Å². The van der Waals surface area contributed by atoms with Crippen molar-refractivity contribution in [3.05, 3.63) is 47.1 Å². The third-order valence-electron chi connectivity index (χ3n) is 5.13. The number of nitrogens with zero attached hydrogens (tertiary/aromatic N) is 2. The number of carbonyl (C=O) groups excluding carboxylic acids is 1. The molecule has 0 saturated heterocycles. The normalized spacial score (nSPS) is 14.9. The molecule has 1 aromatic carbocycles. The number of aromatic nitrogens is 1. The Hall–Kier alpha value is -1.61. The zero-order valence-corrected chi connectivity index (χ0v) is 19.5. The van der Waals surface area contributed by atoms with Crippen molar-refractivity contribution >= 4 is 45.0 Å². The van der Waals surface area contributed by atoms with Crippen LogP contribution in [0.25, 0.3) is 0 Å². The predicted octanol–water partition coefficient (Wildman–Crippen LogP) is 5.05. The third-order valence-corrected chi connectivity index (χ3v) is 8.85. The van der Waals surface area contributed by atoms with Crippen LogP contribution in [0.2, 0.25) is 5.02 Å². The number of pyridine rings is 1. The summed E-state index contributed by atoms with van der Waals surface area (Å²) in [6, 6.07) is 7.80. The molecule has 6 nitrogen and oxygen atoms in total. The molecule has 2 aromatic rings. The highest BCUT2D eigenvalue weighted by Gasteiger charge is 2.24. The van der Waals surface area contributed by atoms with Gasteiger partial charge in [-0.05, 0) is 43.2 Å². The van der Waals surface area contributed by atoms with Crippen LogP contribution in [0.3, 0.4) is 0 Å². The van der Waals surface area contributed by atoms with Crippen LogP contribution in [-0.2, 0) is 10.0 Å². The van der Waals surface area contributed by atoms with Gasteiger partial charge in [0.2, 0.25) is 10.0 Å². The van der Waals surface area contributed by atoms with E-state index in [9.17, 15) is 13.2 Å². The van der Waals surface area contributed by atoms with E-state index in [2.05, 4.69) is 10.3 Å². The van der Waals surface area contributed by atoms with Crippen LogP contribution in [0.5, 0.6) is 0 Å². The Kier molecular flexibility index (Phi) is 7.79. The highest BCUT2D eigenvalue weighted by atomic mass is 35.5. The number of anilines is 1. The minimum absolute atomic E-state index is 0.0950. The lowest BCUT2D eigenvalue weighted by Gasteiger charge is -2.19. The van der Waals surface area contributed by atoms with Crippen LogP contribution < -0.4 is 5.32 Å². The number of nitrogens with one attached hydrogen (secondary N) is 1. The van der Waals surface area contributed by atoms with Crippen LogP contribution in [0, 0.1) is 0 Å². The van der Waals surface area contributed by atoms with Gasteiger partial charge in [0.15, 0.2) is 0 Å². The van der Waals surface area contributed by atoms with E-state index in [1.807, 2.05) is 0 Å². The summed E-state index contributed by atoms with van der Waals surface area (Å²) in [5.41, 5.74) is 0.720. The number of halogens is 1. The zero-order chi connectivity index (χ0) is 21.7. The van der Waals surface area contributed by atoms with Gasteiger partial charge in [-0.15, -0.1) is 11.8 Å². The molecule has 0 atom stereocenters. The largest absolute Gasteiger partial charge is 0.321 e. The Bertz CT molecular complexity index is 1000. The molecule has 0 aliphatic heterocycles. The molecular formula is C21H26ClN3O3S2. The van der Waals surface area contributed by atoms with E-state index in [0.29, 0.717) is 28.9 Å². The molecule has 1 fully saturated rings. The smallest absolute Gasteiger partial charge is 0.258 e. The maximum atomic E-state index is 13.0. The topological polar surface area (TPSA) is 79.4 Å². The molecular weight excluding hydrogens is 442 g/mol. The molecule has 1 aliphatic carbocycles. The van der Waals surface area contributed by atoms with E-state index in [1.54, 1.807) is 43.9 Å². The van der Waals surface area contributed by atoms with Gasteiger partial charge in [-0.3, -0.25) is 4.79 Å². The molecule has 0 spiro atoms. The van der Waals surface area contributed by atoms with E-state index < -0.39 is 10.0 Å². The Labute approximate surface area is 187 Å². The zero-order valence-electron chi connectivity index (χ0n) is 17.1. The van der Waals surface area contributed by atoms with Gasteiger partial charge in [0.05, 0.1) is 21.2 Å². The van der Waals surface area contributed by atoms with Gasteiger partial charge < -0.3 is 5.32 Å². The first-order chi connectivity index (χ1) is 14.4. The Morgan fingerprint density at radius 2 is 1.93 bits per heavy atom. The lowest BCUT2D eigenvalue weighted by molar-refractivity contribution is 0.102. The minimum atomic E-state index is -3.66.